The van der Waals surface area contributed by atoms with Crippen LogP contribution in [0.15, 0.2) is 103 Å². The van der Waals surface area contributed by atoms with Crippen molar-refractivity contribution in [3.63, 3.8) is 0 Å². The third kappa shape index (κ3) is 7.71. The molecule has 0 fully saturated rings. The van der Waals surface area contributed by atoms with Crippen LogP contribution in [-0.2, 0) is 4.79 Å². The van der Waals surface area contributed by atoms with Crippen LogP contribution in [0.3, 0.4) is 0 Å². The predicted octanol–water partition coefficient (Wildman–Crippen LogP) is 6.03. The fourth-order valence-corrected chi connectivity index (χ4v) is 4.27. The van der Waals surface area contributed by atoms with E-state index >= 15 is 0 Å². The molecule has 4 aromatic carbocycles. The van der Waals surface area contributed by atoms with E-state index in [0.717, 1.165) is 0 Å². The number of hydrogen-bond donors (Lipinski definition) is 2. The highest BCUT2D eigenvalue weighted by molar-refractivity contribution is 6.11. The molecular weight excluding hydrogens is 560 g/mol. The van der Waals surface area contributed by atoms with Crippen molar-refractivity contribution in [2.24, 2.45) is 0 Å². The van der Waals surface area contributed by atoms with Crippen molar-refractivity contribution in [3.8, 4) is 23.0 Å². The molecular formula is C35H32N2O7. The molecule has 0 saturated heterocycles. The molecule has 0 aliphatic heterocycles. The summed E-state index contributed by atoms with van der Waals surface area (Å²) in [5.41, 5.74) is 2.54. The van der Waals surface area contributed by atoms with Crippen molar-refractivity contribution in [1.82, 2.24) is 5.32 Å². The zero-order chi connectivity index (χ0) is 31.5. The van der Waals surface area contributed by atoms with Crippen LogP contribution in [0.1, 0.15) is 31.8 Å². The van der Waals surface area contributed by atoms with Gasteiger partial charge in [0, 0.05) is 22.4 Å². The first-order valence-corrected chi connectivity index (χ1v) is 13.5. The quantitative estimate of drug-likeness (QED) is 0.153. The fraction of sp³-hybridized carbons (Fsp3) is 0.114. The molecule has 0 atom stereocenters. The lowest BCUT2D eigenvalue weighted by Crippen LogP contribution is -2.30. The van der Waals surface area contributed by atoms with Crippen LogP contribution in [0, 0.1) is 0 Å². The van der Waals surface area contributed by atoms with E-state index in [1.165, 1.54) is 34.5 Å². The normalized spacial score (nSPS) is 11.0. The minimum atomic E-state index is -0.554. The summed E-state index contributed by atoms with van der Waals surface area (Å²) in [7, 11) is 6.08. The number of anilines is 1. The Morgan fingerprint density at radius 3 is 1.89 bits per heavy atom. The van der Waals surface area contributed by atoms with Gasteiger partial charge in [0.05, 0.1) is 28.4 Å². The van der Waals surface area contributed by atoms with E-state index < -0.39 is 11.8 Å². The average molecular weight is 593 g/mol. The highest BCUT2D eigenvalue weighted by atomic mass is 16.5. The largest absolute Gasteiger partial charge is 0.496 e. The molecule has 0 bridgehead atoms. The minimum Gasteiger partial charge on any atom is -0.496 e. The zero-order valence-corrected chi connectivity index (χ0v) is 24.8. The van der Waals surface area contributed by atoms with Crippen LogP contribution in [0.5, 0.6) is 23.0 Å². The summed E-state index contributed by atoms with van der Waals surface area (Å²) >= 11 is 0. The Morgan fingerprint density at radius 1 is 0.659 bits per heavy atom. The summed E-state index contributed by atoms with van der Waals surface area (Å²) in [5, 5.41) is 5.49. The van der Waals surface area contributed by atoms with Gasteiger partial charge in [-0.1, -0.05) is 42.5 Å². The Bertz CT molecular complexity index is 1670. The first kappa shape index (κ1) is 31.1. The molecule has 0 heterocycles. The Balaban J connectivity index is 1.51. The Kier molecular flexibility index (Phi) is 10.5. The molecule has 4 rings (SSSR count). The van der Waals surface area contributed by atoms with Gasteiger partial charge in [0.1, 0.15) is 11.4 Å². The maximum Gasteiger partial charge on any atom is 0.272 e. The van der Waals surface area contributed by atoms with Crippen molar-refractivity contribution in [1.29, 1.82) is 0 Å². The maximum absolute atomic E-state index is 13.4. The number of carbonyl (C=O) groups is 3. The molecule has 4 aromatic rings. The number of carbonyl (C=O) groups excluding carboxylic acids is 3. The molecule has 9 nitrogen and oxygen atoms in total. The second-order valence-electron chi connectivity index (χ2n) is 9.31. The highest BCUT2D eigenvalue weighted by Crippen LogP contribution is 2.38. The molecule has 44 heavy (non-hydrogen) atoms. The van der Waals surface area contributed by atoms with Gasteiger partial charge in [0.2, 0.25) is 5.75 Å². The summed E-state index contributed by atoms with van der Waals surface area (Å²) in [6.07, 6.45) is 4.62. The average Bonchev–Trinajstić information content (AvgIpc) is 3.07. The van der Waals surface area contributed by atoms with Crippen molar-refractivity contribution in [2.45, 2.75) is 0 Å². The van der Waals surface area contributed by atoms with Gasteiger partial charge in [-0.2, -0.15) is 0 Å². The maximum atomic E-state index is 13.4. The van der Waals surface area contributed by atoms with Gasteiger partial charge in [-0.15, -0.1) is 0 Å². The van der Waals surface area contributed by atoms with Crippen LogP contribution >= 0.6 is 0 Å². The van der Waals surface area contributed by atoms with Gasteiger partial charge >= 0.3 is 0 Å². The molecule has 0 saturated carbocycles. The molecule has 0 unspecified atom stereocenters. The van der Waals surface area contributed by atoms with Gasteiger partial charge in [-0.3, -0.25) is 14.4 Å². The van der Waals surface area contributed by atoms with E-state index in [-0.39, 0.29) is 11.5 Å². The SMILES string of the molecule is COc1ccccc1/C=C(\NC(=O)c1ccccc1)C(=O)Nc1ccc(C(=O)/C=C/c2cc(OC)c(OC)c(OC)c2)cc1. The Hall–Kier alpha value is -5.83. The van der Waals surface area contributed by atoms with Crippen molar-refractivity contribution in [3.05, 3.63) is 125 Å². The van der Waals surface area contributed by atoms with E-state index in [1.807, 2.05) is 0 Å². The van der Waals surface area contributed by atoms with Gasteiger partial charge < -0.3 is 29.6 Å². The van der Waals surface area contributed by atoms with Gasteiger partial charge in [0.25, 0.3) is 11.8 Å². The smallest absolute Gasteiger partial charge is 0.272 e. The van der Waals surface area contributed by atoms with Crippen LogP contribution in [-0.4, -0.2) is 46.0 Å². The molecule has 0 aliphatic carbocycles. The number of benzene rings is 4. The van der Waals surface area contributed by atoms with E-state index in [9.17, 15) is 14.4 Å². The standard InChI is InChI=1S/C35H32N2O7/c1-41-30-13-9-8-12-26(30)22-28(37-34(39)25-10-6-5-7-11-25)35(40)36-27-17-15-24(16-18-27)29(38)19-14-23-20-31(42-2)33(44-4)32(21-23)43-3/h5-22H,1-4H3,(H,36,40)(H,37,39)/b19-14+,28-22-. The summed E-state index contributed by atoms with van der Waals surface area (Å²) in [4.78, 5) is 39.2. The van der Waals surface area contributed by atoms with Crippen molar-refractivity contribution in [2.75, 3.05) is 33.8 Å². The van der Waals surface area contributed by atoms with E-state index in [1.54, 1.807) is 103 Å². The number of allylic oxidation sites excluding steroid dienone is 1. The molecule has 9 heteroatoms. The monoisotopic (exact) mass is 592 g/mol. The predicted molar refractivity (Wildman–Crippen MR) is 169 cm³/mol. The van der Waals surface area contributed by atoms with Crippen LogP contribution in [0.4, 0.5) is 5.69 Å². The molecule has 0 spiro atoms. The number of hydrogen-bond acceptors (Lipinski definition) is 7. The summed E-state index contributed by atoms with van der Waals surface area (Å²) in [5.74, 6) is 0.689. The zero-order valence-electron chi connectivity index (χ0n) is 24.8. The second kappa shape index (κ2) is 14.9. The third-order valence-corrected chi connectivity index (χ3v) is 6.51. The molecule has 2 amide bonds. The topological polar surface area (TPSA) is 112 Å². The van der Waals surface area contributed by atoms with E-state index in [0.29, 0.717) is 50.9 Å². The van der Waals surface area contributed by atoms with Gasteiger partial charge in [-0.25, -0.2) is 0 Å². The lowest BCUT2D eigenvalue weighted by atomic mass is 10.1. The lowest BCUT2D eigenvalue weighted by Gasteiger charge is -2.13. The molecule has 0 aliphatic rings. The summed E-state index contributed by atoms with van der Waals surface area (Å²) in [6.45, 7) is 0. The molecule has 0 aromatic heterocycles. The lowest BCUT2D eigenvalue weighted by molar-refractivity contribution is -0.113. The number of ketones is 1. The fourth-order valence-electron chi connectivity index (χ4n) is 4.27. The first-order valence-electron chi connectivity index (χ1n) is 13.5. The molecule has 0 radical (unpaired) electrons. The highest BCUT2D eigenvalue weighted by Gasteiger charge is 2.17. The molecule has 224 valence electrons. The number of methoxy groups -OCH3 is 4. The minimum absolute atomic E-state index is 0.0109. The van der Waals surface area contributed by atoms with Crippen LogP contribution in [0.25, 0.3) is 12.2 Å². The first-order chi connectivity index (χ1) is 21.4. The second-order valence-corrected chi connectivity index (χ2v) is 9.31. The number of nitrogens with one attached hydrogen (secondary N) is 2. The Morgan fingerprint density at radius 2 is 1.27 bits per heavy atom. The van der Waals surface area contributed by atoms with Crippen LogP contribution < -0.4 is 29.6 Å². The van der Waals surface area contributed by atoms with E-state index in [4.69, 9.17) is 18.9 Å². The number of amides is 2. The third-order valence-electron chi connectivity index (χ3n) is 6.51. The van der Waals surface area contributed by atoms with Gasteiger partial charge in [-0.05, 0) is 72.3 Å². The summed E-state index contributed by atoms with van der Waals surface area (Å²) in [6, 6.07) is 25.6. The van der Waals surface area contributed by atoms with Gasteiger partial charge in [0.15, 0.2) is 17.3 Å². The summed E-state index contributed by atoms with van der Waals surface area (Å²) < 4.78 is 21.5. The van der Waals surface area contributed by atoms with Crippen molar-refractivity contribution < 1.29 is 33.3 Å². The number of para-hydroxylation sites is 1. The molecule has 2 N–H and O–H groups in total. The van der Waals surface area contributed by atoms with Crippen molar-refractivity contribution >= 4 is 35.4 Å². The number of ether oxygens (including phenoxy) is 4. The Labute approximate surface area is 255 Å². The number of rotatable bonds is 12. The van der Waals surface area contributed by atoms with Crippen LogP contribution in [0.2, 0.25) is 0 Å². The van der Waals surface area contributed by atoms with E-state index in [2.05, 4.69) is 10.6 Å².